The summed E-state index contributed by atoms with van der Waals surface area (Å²) < 4.78 is 2.53. The SMILES string of the molecule is c1cc(-c2ccc3c4c(cccc24)-c2ccccc2-3)cc(-n2c3ccc(-c4ccc5c6c(cccc46)-c4ccccc4-5)cc3c3c4ccccc4c4ccccc4c32)c1. The third-order valence-electron chi connectivity index (χ3n) is 13.5. The Morgan fingerprint density at radius 2 is 0.678 bits per heavy atom. The predicted octanol–water partition coefficient (Wildman–Crippen LogP) is 16.0. The molecule has 270 valence electrons. The normalized spacial score (nSPS) is 12.4. The van der Waals surface area contributed by atoms with Crippen molar-refractivity contribution in [2.45, 2.75) is 0 Å². The number of aromatic nitrogens is 1. The number of fused-ring (bicyclic) bond motifs is 14. The van der Waals surface area contributed by atoms with Crippen LogP contribution in [0.15, 0.2) is 200 Å². The summed E-state index contributed by atoms with van der Waals surface area (Å²) in [5.74, 6) is 0. The predicted molar refractivity (Wildman–Crippen MR) is 251 cm³/mol. The Balaban J connectivity index is 1.04. The van der Waals surface area contributed by atoms with Crippen molar-refractivity contribution in [1.29, 1.82) is 0 Å². The van der Waals surface area contributed by atoms with Crippen LogP contribution in [0, 0.1) is 0 Å². The standard InChI is InChI=1S/C58H33N/c1-3-16-41-39(14-1)47-24-10-22-45-37(27-29-50(41)55(45)47)34-12-9-13-36(32-34)59-54-31-26-35(38-28-30-51-42-17-4-2-15-40(42)48-25-11-23-46(38)56(48)51)33-53(54)57-49-20-7-5-18-43(49)44-19-6-8-21-52(44)58(57)59/h1-33H. The first-order valence-electron chi connectivity index (χ1n) is 20.6. The van der Waals surface area contributed by atoms with Crippen LogP contribution in [0.1, 0.15) is 0 Å². The molecule has 1 aromatic heterocycles. The van der Waals surface area contributed by atoms with Gasteiger partial charge in [0.25, 0.3) is 0 Å². The third-order valence-corrected chi connectivity index (χ3v) is 13.5. The lowest BCUT2D eigenvalue weighted by Crippen LogP contribution is -1.96. The van der Waals surface area contributed by atoms with Gasteiger partial charge in [0.15, 0.2) is 0 Å². The minimum Gasteiger partial charge on any atom is -0.309 e. The summed E-state index contributed by atoms with van der Waals surface area (Å²) in [6, 6.07) is 75.0. The van der Waals surface area contributed by atoms with E-state index in [0.717, 1.165) is 5.69 Å². The summed E-state index contributed by atoms with van der Waals surface area (Å²) >= 11 is 0. The molecule has 0 spiro atoms. The van der Waals surface area contributed by atoms with E-state index in [1.807, 2.05) is 0 Å². The summed E-state index contributed by atoms with van der Waals surface area (Å²) in [6.07, 6.45) is 0. The van der Waals surface area contributed by atoms with Crippen molar-refractivity contribution in [3.63, 3.8) is 0 Å². The van der Waals surface area contributed by atoms with E-state index in [-0.39, 0.29) is 0 Å². The van der Waals surface area contributed by atoms with Gasteiger partial charge in [-0.1, -0.05) is 176 Å². The van der Waals surface area contributed by atoms with E-state index in [1.54, 1.807) is 0 Å². The van der Waals surface area contributed by atoms with Gasteiger partial charge in [0.05, 0.1) is 11.0 Å². The maximum Gasteiger partial charge on any atom is 0.0625 e. The smallest absolute Gasteiger partial charge is 0.0625 e. The summed E-state index contributed by atoms with van der Waals surface area (Å²) in [7, 11) is 0. The molecule has 12 aromatic rings. The maximum absolute atomic E-state index is 2.53. The fourth-order valence-corrected chi connectivity index (χ4v) is 11.0. The highest BCUT2D eigenvalue weighted by Crippen LogP contribution is 2.52. The Morgan fingerprint density at radius 1 is 0.237 bits per heavy atom. The zero-order valence-corrected chi connectivity index (χ0v) is 32.0. The molecule has 0 bridgehead atoms. The molecule has 0 radical (unpaired) electrons. The number of benzene rings is 11. The summed E-state index contributed by atoms with van der Waals surface area (Å²) in [5.41, 5.74) is 19.2. The molecule has 1 heterocycles. The number of hydrogen-bond donors (Lipinski definition) is 0. The molecule has 14 rings (SSSR count). The van der Waals surface area contributed by atoms with Crippen molar-refractivity contribution in [3.8, 4) is 72.4 Å². The van der Waals surface area contributed by atoms with Crippen LogP contribution >= 0.6 is 0 Å². The van der Waals surface area contributed by atoms with E-state index in [1.165, 1.54) is 132 Å². The van der Waals surface area contributed by atoms with Crippen LogP contribution in [0.25, 0.3) is 137 Å². The molecule has 2 aliphatic rings. The lowest BCUT2D eigenvalue weighted by molar-refractivity contribution is 1.19. The second-order valence-corrected chi connectivity index (χ2v) is 16.3. The van der Waals surface area contributed by atoms with Crippen LogP contribution in [0.3, 0.4) is 0 Å². The zero-order valence-electron chi connectivity index (χ0n) is 32.0. The van der Waals surface area contributed by atoms with Crippen LogP contribution in [0.2, 0.25) is 0 Å². The number of hydrogen-bond acceptors (Lipinski definition) is 0. The van der Waals surface area contributed by atoms with Crippen molar-refractivity contribution >= 4 is 64.9 Å². The first-order valence-corrected chi connectivity index (χ1v) is 20.6. The van der Waals surface area contributed by atoms with Crippen LogP contribution < -0.4 is 0 Å². The molecule has 0 aliphatic heterocycles. The van der Waals surface area contributed by atoms with Gasteiger partial charge in [-0.15, -0.1) is 0 Å². The summed E-state index contributed by atoms with van der Waals surface area (Å²) in [6.45, 7) is 0. The van der Waals surface area contributed by atoms with Gasteiger partial charge in [0.2, 0.25) is 0 Å². The van der Waals surface area contributed by atoms with E-state index in [4.69, 9.17) is 0 Å². The minimum absolute atomic E-state index is 1.16. The van der Waals surface area contributed by atoms with E-state index in [0.29, 0.717) is 0 Å². The molecule has 0 saturated heterocycles. The summed E-state index contributed by atoms with van der Waals surface area (Å²) in [5, 5.41) is 13.0. The number of rotatable bonds is 3. The van der Waals surface area contributed by atoms with Gasteiger partial charge in [0, 0.05) is 21.8 Å². The molecule has 0 N–H and O–H groups in total. The Bertz CT molecular complexity index is 3780. The van der Waals surface area contributed by atoms with Gasteiger partial charge in [-0.2, -0.15) is 0 Å². The van der Waals surface area contributed by atoms with Crippen LogP contribution in [0.4, 0.5) is 0 Å². The molecule has 0 saturated carbocycles. The quantitative estimate of drug-likeness (QED) is 0.159. The van der Waals surface area contributed by atoms with Crippen molar-refractivity contribution in [2.75, 3.05) is 0 Å². The molecule has 0 unspecified atom stereocenters. The first kappa shape index (κ1) is 31.4. The highest BCUT2D eigenvalue weighted by molar-refractivity contribution is 6.32. The molecule has 0 amide bonds. The lowest BCUT2D eigenvalue weighted by Gasteiger charge is -2.14. The van der Waals surface area contributed by atoms with Gasteiger partial charge >= 0.3 is 0 Å². The Hall–Kier alpha value is -7.74. The van der Waals surface area contributed by atoms with E-state index < -0.39 is 0 Å². The van der Waals surface area contributed by atoms with Crippen LogP contribution in [-0.2, 0) is 0 Å². The van der Waals surface area contributed by atoms with Gasteiger partial charge < -0.3 is 4.57 Å². The lowest BCUT2D eigenvalue weighted by atomic mass is 9.92. The molecular formula is C58H33N. The highest BCUT2D eigenvalue weighted by Gasteiger charge is 2.25. The van der Waals surface area contributed by atoms with Gasteiger partial charge in [0.1, 0.15) is 0 Å². The maximum atomic E-state index is 2.53. The summed E-state index contributed by atoms with van der Waals surface area (Å²) in [4.78, 5) is 0. The van der Waals surface area contributed by atoms with Crippen molar-refractivity contribution < 1.29 is 0 Å². The average molecular weight is 744 g/mol. The van der Waals surface area contributed by atoms with Gasteiger partial charge in [-0.25, -0.2) is 0 Å². The Labute approximate surface area is 340 Å². The molecule has 11 aromatic carbocycles. The first-order chi connectivity index (χ1) is 29.3. The van der Waals surface area contributed by atoms with Crippen molar-refractivity contribution in [1.82, 2.24) is 4.57 Å². The minimum atomic E-state index is 1.16. The molecule has 0 fully saturated rings. The van der Waals surface area contributed by atoms with Crippen LogP contribution in [0.5, 0.6) is 0 Å². The highest BCUT2D eigenvalue weighted by atomic mass is 15.0. The van der Waals surface area contributed by atoms with E-state index >= 15 is 0 Å². The molecule has 1 nitrogen and oxygen atoms in total. The molecule has 1 heteroatoms. The Morgan fingerprint density at radius 3 is 1.29 bits per heavy atom. The fraction of sp³-hybridized carbons (Fsp3) is 0. The second kappa shape index (κ2) is 11.4. The number of nitrogens with zero attached hydrogens (tertiary/aromatic N) is 1. The zero-order chi connectivity index (χ0) is 38.3. The molecule has 0 atom stereocenters. The molecule has 59 heavy (non-hydrogen) atoms. The Kier molecular flexibility index (Phi) is 6.08. The topological polar surface area (TPSA) is 4.93 Å². The second-order valence-electron chi connectivity index (χ2n) is 16.3. The van der Waals surface area contributed by atoms with E-state index in [9.17, 15) is 0 Å². The molecular weight excluding hydrogens is 711 g/mol. The van der Waals surface area contributed by atoms with Crippen LogP contribution in [-0.4, -0.2) is 4.57 Å². The van der Waals surface area contributed by atoms with Gasteiger partial charge in [-0.05, 0) is 129 Å². The third kappa shape index (κ3) is 4.09. The van der Waals surface area contributed by atoms with Crippen molar-refractivity contribution in [2.24, 2.45) is 0 Å². The monoisotopic (exact) mass is 743 g/mol. The fourth-order valence-electron chi connectivity index (χ4n) is 11.0. The molecule has 2 aliphatic carbocycles. The average Bonchev–Trinajstić information content (AvgIpc) is 3.94. The van der Waals surface area contributed by atoms with Gasteiger partial charge in [-0.3, -0.25) is 0 Å². The largest absolute Gasteiger partial charge is 0.309 e. The van der Waals surface area contributed by atoms with Crippen molar-refractivity contribution in [3.05, 3.63) is 200 Å². The van der Waals surface area contributed by atoms with E-state index in [2.05, 4.69) is 205 Å².